The van der Waals surface area contributed by atoms with E-state index in [2.05, 4.69) is 4.98 Å². The lowest BCUT2D eigenvalue weighted by Crippen LogP contribution is -2.52. The van der Waals surface area contributed by atoms with E-state index in [4.69, 9.17) is 4.74 Å². The van der Waals surface area contributed by atoms with Gasteiger partial charge < -0.3 is 14.5 Å². The number of carbonyl (C=O) groups is 2. The lowest BCUT2D eigenvalue weighted by atomic mass is 9.97. The number of rotatable bonds is 10. The van der Waals surface area contributed by atoms with Crippen molar-refractivity contribution in [2.45, 2.75) is 38.1 Å². The number of benzene rings is 4. The summed E-state index contributed by atoms with van der Waals surface area (Å²) in [6, 6.07) is 32.5. The van der Waals surface area contributed by atoms with E-state index < -0.39 is 23.7 Å². The van der Waals surface area contributed by atoms with Crippen LogP contribution in [0, 0.1) is 0 Å². The molecule has 0 spiro atoms. The van der Waals surface area contributed by atoms with E-state index in [1.54, 1.807) is 23.1 Å². The number of fused-ring (bicyclic) bond motifs is 1. The van der Waals surface area contributed by atoms with Gasteiger partial charge >= 0.3 is 6.18 Å². The Hall–Kier alpha value is -5.70. The van der Waals surface area contributed by atoms with Crippen LogP contribution in [0.25, 0.3) is 17.3 Å². The SMILES string of the molecule is COc1ccc2c(c1)CN(C(=O)[C@H](Cc1ccccc1)N(Cc1ccc(-c3ccccn3)cc1)C(=O)C=Cc1ccc(C(F)(F)F)cc1)CC2. The quantitative estimate of drug-likeness (QED) is 0.141. The van der Waals surface area contributed by atoms with Gasteiger partial charge in [0.1, 0.15) is 11.8 Å². The molecule has 254 valence electrons. The van der Waals surface area contributed by atoms with Crippen LogP contribution in [0.15, 0.2) is 128 Å². The molecule has 0 unspecified atom stereocenters. The molecule has 0 N–H and O–H groups in total. The Morgan fingerprint density at radius 2 is 1.62 bits per heavy atom. The molecule has 0 bridgehead atoms. The van der Waals surface area contributed by atoms with Crippen molar-refractivity contribution in [2.24, 2.45) is 0 Å². The van der Waals surface area contributed by atoms with Crippen LogP contribution < -0.4 is 4.74 Å². The summed E-state index contributed by atoms with van der Waals surface area (Å²) in [6.07, 6.45) is 1.00. The van der Waals surface area contributed by atoms with Crippen LogP contribution in [-0.2, 0) is 41.7 Å². The van der Waals surface area contributed by atoms with Gasteiger partial charge in [-0.15, -0.1) is 0 Å². The summed E-state index contributed by atoms with van der Waals surface area (Å²) in [5.41, 5.74) is 5.21. The van der Waals surface area contributed by atoms with Gasteiger partial charge in [0, 0.05) is 43.9 Å². The van der Waals surface area contributed by atoms with Gasteiger partial charge in [0.05, 0.1) is 18.4 Å². The fourth-order valence-corrected chi connectivity index (χ4v) is 6.13. The number of pyridine rings is 1. The number of hydrogen-bond donors (Lipinski definition) is 0. The molecule has 1 atom stereocenters. The van der Waals surface area contributed by atoms with Gasteiger partial charge in [-0.1, -0.05) is 78.9 Å². The second kappa shape index (κ2) is 15.2. The summed E-state index contributed by atoms with van der Waals surface area (Å²) in [5.74, 6) is 0.0778. The third-order valence-electron chi connectivity index (χ3n) is 8.88. The molecular formula is C41H36F3N3O3. The van der Waals surface area contributed by atoms with E-state index in [9.17, 15) is 22.8 Å². The predicted octanol–water partition coefficient (Wildman–Crippen LogP) is 8.01. The zero-order chi connectivity index (χ0) is 35.1. The Kier molecular flexibility index (Phi) is 10.4. The molecule has 0 aliphatic carbocycles. The number of methoxy groups -OCH3 is 1. The summed E-state index contributed by atoms with van der Waals surface area (Å²) in [7, 11) is 1.61. The Labute approximate surface area is 289 Å². The van der Waals surface area contributed by atoms with Crippen molar-refractivity contribution < 1.29 is 27.5 Å². The molecule has 0 saturated carbocycles. The van der Waals surface area contributed by atoms with Crippen molar-refractivity contribution in [3.63, 3.8) is 0 Å². The second-order valence-electron chi connectivity index (χ2n) is 12.2. The minimum absolute atomic E-state index is 0.125. The lowest BCUT2D eigenvalue weighted by molar-refractivity contribution is -0.144. The fourth-order valence-electron chi connectivity index (χ4n) is 6.13. The molecule has 0 saturated heterocycles. The smallest absolute Gasteiger partial charge is 0.416 e. The maximum atomic E-state index is 14.6. The Morgan fingerprint density at radius 3 is 2.30 bits per heavy atom. The van der Waals surface area contributed by atoms with Gasteiger partial charge in [-0.3, -0.25) is 14.6 Å². The van der Waals surface area contributed by atoms with Crippen LogP contribution in [0.3, 0.4) is 0 Å². The first-order chi connectivity index (χ1) is 24.2. The van der Waals surface area contributed by atoms with E-state index >= 15 is 0 Å². The minimum atomic E-state index is -4.47. The maximum Gasteiger partial charge on any atom is 0.416 e. The monoisotopic (exact) mass is 675 g/mol. The van der Waals surface area contributed by atoms with Crippen LogP contribution >= 0.6 is 0 Å². The molecule has 6 rings (SSSR count). The number of alkyl halides is 3. The molecule has 9 heteroatoms. The third kappa shape index (κ3) is 8.29. The van der Waals surface area contributed by atoms with E-state index in [-0.39, 0.29) is 18.9 Å². The molecule has 2 heterocycles. The number of aromatic nitrogens is 1. The summed E-state index contributed by atoms with van der Waals surface area (Å²) >= 11 is 0. The average molecular weight is 676 g/mol. The van der Waals surface area contributed by atoms with Crippen molar-refractivity contribution in [1.82, 2.24) is 14.8 Å². The first-order valence-electron chi connectivity index (χ1n) is 16.3. The van der Waals surface area contributed by atoms with Crippen LogP contribution in [0.4, 0.5) is 13.2 Å². The van der Waals surface area contributed by atoms with E-state index in [0.717, 1.165) is 45.6 Å². The van der Waals surface area contributed by atoms with Gasteiger partial charge in [-0.2, -0.15) is 13.2 Å². The van der Waals surface area contributed by atoms with Gasteiger partial charge in [0.2, 0.25) is 11.8 Å². The number of nitrogens with zero attached hydrogens (tertiary/aromatic N) is 3. The number of carbonyl (C=O) groups excluding carboxylic acids is 2. The lowest BCUT2D eigenvalue weighted by Gasteiger charge is -2.37. The third-order valence-corrected chi connectivity index (χ3v) is 8.88. The standard InChI is InChI=1S/C41H36F3N3O3/c1-50-36-20-17-32-22-24-46(28-34(32)26-36)40(49)38(25-30-7-3-2-4-8-30)47(27-31-10-15-33(16-11-31)37-9-5-6-23-45-37)39(48)21-14-29-12-18-35(19-13-29)41(42,43)44/h2-21,23,26,38H,22,24-25,27-28H2,1H3/t38-/m0/s1. The van der Waals surface area contributed by atoms with Crippen LogP contribution in [-0.4, -0.2) is 46.3 Å². The second-order valence-corrected chi connectivity index (χ2v) is 12.2. The van der Waals surface area contributed by atoms with Crippen LogP contribution in [0.2, 0.25) is 0 Å². The molecule has 2 amide bonds. The van der Waals surface area contributed by atoms with Crippen LogP contribution in [0.1, 0.15) is 33.4 Å². The zero-order valence-electron chi connectivity index (χ0n) is 27.5. The molecule has 50 heavy (non-hydrogen) atoms. The summed E-state index contributed by atoms with van der Waals surface area (Å²) in [6.45, 7) is 0.991. The summed E-state index contributed by atoms with van der Waals surface area (Å²) in [4.78, 5) is 36.6. The predicted molar refractivity (Wildman–Crippen MR) is 187 cm³/mol. The average Bonchev–Trinajstić information content (AvgIpc) is 3.15. The van der Waals surface area contributed by atoms with E-state index in [1.165, 1.54) is 24.3 Å². The van der Waals surface area contributed by atoms with E-state index in [1.807, 2.05) is 91.0 Å². The molecule has 0 radical (unpaired) electrons. The highest BCUT2D eigenvalue weighted by Crippen LogP contribution is 2.30. The van der Waals surface area contributed by atoms with Crippen molar-refractivity contribution in [2.75, 3.05) is 13.7 Å². The molecule has 4 aromatic carbocycles. The first-order valence-corrected chi connectivity index (χ1v) is 16.3. The van der Waals surface area contributed by atoms with Gasteiger partial charge in [0.15, 0.2) is 0 Å². The zero-order valence-corrected chi connectivity index (χ0v) is 27.5. The Morgan fingerprint density at radius 1 is 0.880 bits per heavy atom. The van der Waals surface area contributed by atoms with Crippen molar-refractivity contribution in [1.29, 1.82) is 0 Å². The molecule has 1 aliphatic rings. The first kappa shape index (κ1) is 34.2. The van der Waals surface area contributed by atoms with E-state index in [0.29, 0.717) is 30.8 Å². The highest BCUT2D eigenvalue weighted by Gasteiger charge is 2.34. The highest BCUT2D eigenvalue weighted by molar-refractivity contribution is 5.96. The molecule has 0 fully saturated rings. The normalized spacial score (nSPS) is 13.5. The van der Waals surface area contributed by atoms with Crippen molar-refractivity contribution >= 4 is 17.9 Å². The molecule has 1 aliphatic heterocycles. The number of halogens is 3. The maximum absolute atomic E-state index is 14.6. The number of amides is 2. The van der Waals surface area contributed by atoms with Crippen LogP contribution in [0.5, 0.6) is 5.75 Å². The highest BCUT2D eigenvalue weighted by atomic mass is 19.4. The number of ether oxygens (including phenoxy) is 1. The molecular weight excluding hydrogens is 639 g/mol. The van der Waals surface area contributed by atoms with Gasteiger partial charge in [0.25, 0.3) is 0 Å². The summed E-state index contributed by atoms with van der Waals surface area (Å²) in [5, 5.41) is 0. The van der Waals surface area contributed by atoms with Crippen molar-refractivity contribution in [3.8, 4) is 17.0 Å². The van der Waals surface area contributed by atoms with Crippen molar-refractivity contribution in [3.05, 3.63) is 161 Å². The molecule has 1 aromatic heterocycles. The Bertz CT molecular complexity index is 1950. The van der Waals surface area contributed by atoms with Gasteiger partial charge in [-0.05, 0) is 76.7 Å². The van der Waals surface area contributed by atoms with Gasteiger partial charge in [-0.25, -0.2) is 0 Å². The molecule has 5 aromatic rings. The topological polar surface area (TPSA) is 62.7 Å². The largest absolute Gasteiger partial charge is 0.497 e. The Balaban J connectivity index is 1.34. The molecule has 6 nitrogen and oxygen atoms in total. The minimum Gasteiger partial charge on any atom is -0.497 e. The number of hydrogen-bond acceptors (Lipinski definition) is 4. The fraction of sp³-hybridized carbons (Fsp3) is 0.195. The summed E-state index contributed by atoms with van der Waals surface area (Å²) < 4.78 is 44.9.